The lowest BCUT2D eigenvalue weighted by atomic mass is 9.88. The zero-order valence-corrected chi connectivity index (χ0v) is 11.9. The molecule has 1 fully saturated rings. The number of carboxylic acid groups (broad SMARTS) is 1. The van der Waals surface area contributed by atoms with Crippen molar-refractivity contribution in [3.63, 3.8) is 0 Å². The van der Waals surface area contributed by atoms with Gasteiger partial charge in [-0.15, -0.1) is 0 Å². The van der Waals surface area contributed by atoms with Crippen LogP contribution in [0.3, 0.4) is 0 Å². The first-order chi connectivity index (χ1) is 8.90. The van der Waals surface area contributed by atoms with Gasteiger partial charge in [0.25, 0.3) is 0 Å². The van der Waals surface area contributed by atoms with Crippen molar-refractivity contribution in [2.45, 2.75) is 44.9 Å². The Bertz CT molecular complexity index is 492. The molecule has 0 radical (unpaired) electrons. The van der Waals surface area contributed by atoms with Crippen molar-refractivity contribution in [1.82, 2.24) is 0 Å². The average molecular weight is 283 g/mol. The van der Waals surface area contributed by atoms with Gasteiger partial charge in [-0.3, -0.25) is 4.79 Å². The Morgan fingerprint density at radius 2 is 2.00 bits per heavy atom. The number of rotatable bonds is 5. The number of halogens is 1. The Labute approximate surface area is 118 Å². The summed E-state index contributed by atoms with van der Waals surface area (Å²) in [5.41, 5.74) is 1.58. The van der Waals surface area contributed by atoms with E-state index in [0.29, 0.717) is 16.5 Å². The summed E-state index contributed by atoms with van der Waals surface area (Å²) in [7, 11) is 0. The standard InChI is InChI=1S/C15H19ClO3/c1-8(2)10-6-14(17)12(5-13(10)16)11(7-15(18)19)9-3-4-9/h5-6,8-9,11,17H,3-4,7H2,1-2H3,(H,18,19). The third-order valence-corrected chi connectivity index (χ3v) is 4.08. The molecule has 1 aliphatic carbocycles. The molecule has 104 valence electrons. The van der Waals surface area contributed by atoms with Crippen LogP contribution >= 0.6 is 11.6 Å². The van der Waals surface area contributed by atoms with Crippen LogP contribution in [0.15, 0.2) is 12.1 Å². The normalized spacial score (nSPS) is 16.6. The summed E-state index contributed by atoms with van der Waals surface area (Å²) < 4.78 is 0. The number of phenols is 1. The van der Waals surface area contributed by atoms with Gasteiger partial charge in [-0.05, 0) is 47.9 Å². The Morgan fingerprint density at radius 3 is 2.47 bits per heavy atom. The van der Waals surface area contributed by atoms with Gasteiger partial charge < -0.3 is 10.2 Å². The third kappa shape index (κ3) is 3.21. The Morgan fingerprint density at radius 1 is 1.37 bits per heavy atom. The third-order valence-electron chi connectivity index (χ3n) is 3.75. The highest BCUT2D eigenvalue weighted by Gasteiger charge is 2.35. The van der Waals surface area contributed by atoms with Crippen LogP contribution in [0.4, 0.5) is 0 Å². The maximum atomic E-state index is 11.0. The number of carboxylic acids is 1. The van der Waals surface area contributed by atoms with E-state index in [2.05, 4.69) is 0 Å². The number of aliphatic carboxylic acids is 1. The molecule has 0 spiro atoms. The zero-order valence-electron chi connectivity index (χ0n) is 11.2. The molecule has 1 atom stereocenters. The topological polar surface area (TPSA) is 57.5 Å². The summed E-state index contributed by atoms with van der Waals surface area (Å²) in [6.07, 6.45) is 2.11. The van der Waals surface area contributed by atoms with Gasteiger partial charge >= 0.3 is 5.97 Å². The molecule has 0 aliphatic heterocycles. The van der Waals surface area contributed by atoms with Gasteiger partial charge in [0.05, 0.1) is 6.42 Å². The van der Waals surface area contributed by atoms with Crippen LogP contribution in [0, 0.1) is 5.92 Å². The summed E-state index contributed by atoms with van der Waals surface area (Å²) in [5.74, 6) is -0.197. The van der Waals surface area contributed by atoms with E-state index < -0.39 is 5.97 Å². The predicted molar refractivity (Wildman–Crippen MR) is 74.9 cm³/mol. The molecule has 0 saturated heterocycles. The van der Waals surface area contributed by atoms with E-state index in [0.717, 1.165) is 18.4 Å². The van der Waals surface area contributed by atoms with Crippen LogP contribution in [0.5, 0.6) is 5.75 Å². The maximum absolute atomic E-state index is 11.0. The van der Waals surface area contributed by atoms with Crippen molar-refractivity contribution in [2.75, 3.05) is 0 Å². The van der Waals surface area contributed by atoms with E-state index in [-0.39, 0.29) is 24.0 Å². The van der Waals surface area contributed by atoms with Crippen LogP contribution in [0.1, 0.15) is 56.1 Å². The minimum absolute atomic E-state index is 0.0512. The van der Waals surface area contributed by atoms with Gasteiger partial charge in [-0.25, -0.2) is 0 Å². The summed E-state index contributed by atoms with van der Waals surface area (Å²) in [4.78, 5) is 11.0. The number of hydrogen-bond donors (Lipinski definition) is 2. The second-order valence-electron chi connectivity index (χ2n) is 5.63. The van der Waals surface area contributed by atoms with E-state index in [1.807, 2.05) is 13.8 Å². The van der Waals surface area contributed by atoms with Crippen molar-refractivity contribution in [1.29, 1.82) is 0 Å². The largest absolute Gasteiger partial charge is 0.508 e. The van der Waals surface area contributed by atoms with Crippen molar-refractivity contribution in [2.24, 2.45) is 5.92 Å². The van der Waals surface area contributed by atoms with Gasteiger partial charge in [0.1, 0.15) is 5.75 Å². The van der Waals surface area contributed by atoms with Gasteiger partial charge in [-0.1, -0.05) is 25.4 Å². The van der Waals surface area contributed by atoms with Crippen LogP contribution in [0.25, 0.3) is 0 Å². The first kappa shape index (κ1) is 14.2. The van der Waals surface area contributed by atoms with E-state index in [1.165, 1.54) is 0 Å². The molecule has 1 saturated carbocycles. The lowest BCUT2D eigenvalue weighted by molar-refractivity contribution is -0.137. The quantitative estimate of drug-likeness (QED) is 0.853. The molecule has 3 nitrogen and oxygen atoms in total. The molecular formula is C15H19ClO3. The van der Waals surface area contributed by atoms with E-state index in [4.69, 9.17) is 16.7 Å². The molecule has 1 unspecified atom stereocenters. The van der Waals surface area contributed by atoms with E-state index in [9.17, 15) is 9.90 Å². The summed E-state index contributed by atoms with van der Waals surface area (Å²) in [6.45, 7) is 4.02. The molecule has 0 bridgehead atoms. The molecule has 2 N–H and O–H groups in total. The van der Waals surface area contributed by atoms with Gasteiger partial charge in [0, 0.05) is 10.9 Å². The first-order valence-electron chi connectivity index (χ1n) is 6.64. The zero-order chi connectivity index (χ0) is 14.2. The fourth-order valence-corrected chi connectivity index (χ4v) is 2.94. The highest BCUT2D eigenvalue weighted by Crippen LogP contribution is 2.48. The highest BCUT2D eigenvalue weighted by atomic mass is 35.5. The number of hydrogen-bond acceptors (Lipinski definition) is 2. The van der Waals surface area contributed by atoms with Crippen molar-refractivity contribution < 1.29 is 15.0 Å². The fraction of sp³-hybridized carbons (Fsp3) is 0.533. The maximum Gasteiger partial charge on any atom is 0.303 e. The van der Waals surface area contributed by atoms with Crippen molar-refractivity contribution in [3.8, 4) is 5.75 Å². The minimum atomic E-state index is -0.833. The second kappa shape index (κ2) is 5.41. The molecule has 2 rings (SSSR count). The Balaban J connectivity index is 2.37. The molecule has 4 heteroatoms. The number of aromatic hydroxyl groups is 1. The molecule has 19 heavy (non-hydrogen) atoms. The highest BCUT2D eigenvalue weighted by molar-refractivity contribution is 6.31. The monoisotopic (exact) mass is 282 g/mol. The Kier molecular flexibility index (Phi) is 4.04. The predicted octanol–water partition coefficient (Wildman–Crippen LogP) is 4.14. The summed E-state index contributed by atoms with van der Waals surface area (Å²) >= 11 is 6.24. The Hall–Kier alpha value is -1.22. The van der Waals surface area contributed by atoms with Crippen LogP contribution < -0.4 is 0 Å². The smallest absolute Gasteiger partial charge is 0.303 e. The number of carbonyl (C=O) groups is 1. The average Bonchev–Trinajstić information content (AvgIpc) is 3.12. The van der Waals surface area contributed by atoms with Crippen LogP contribution in [-0.4, -0.2) is 16.2 Å². The molecule has 1 aromatic carbocycles. The van der Waals surface area contributed by atoms with Gasteiger partial charge in [0.2, 0.25) is 0 Å². The minimum Gasteiger partial charge on any atom is -0.508 e. The van der Waals surface area contributed by atoms with Crippen LogP contribution in [0.2, 0.25) is 5.02 Å². The lowest BCUT2D eigenvalue weighted by Crippen LogP contribution is -2.09. The second-order valence-corrected chi connectivity index (χ2v) is 6.04. The van der Waals surface area contributed by atoms with Crippen molar-refractivity contribution >= 4 is 17.6 Å². The molecule has 0 heterocycles. The number of phenolic OH excluding ortho intramolecular Hbond substituents is 1. The lowest BCUT2D eigenvalue weighted by Gasteiger charge is -2.19. The summed E-state index contributed by atoms with van der Waals surface area (Å²) in [5, 5.41) is 19.8. The molecular weight excluding hydrogens is 264 g/mol. The number of benzene rings is 1. The van der Waals surface area contributed by atoms with Gasteiger partial charge in [0.15, 0.2) is 0 Å². The molecule has 1 aromatic rings. The fourth-order valence-electron chi connectivity index (χ4n) is 2.55. The van der Waals surface area contributed by atoms with E-state index in [1.54, 1.807) is 12.1 Å². The van der Waals surface area contributed by atoms with E-state index >= 15 is 0 Å². The van der Waals surface area contributed by atoms with Crippen molar-refractivity contribution in [3.05, 3.63) is 28.3 Å². The van der Waals surface area contributed by atoms with Gasteiger partial charge in [-0.2, -0.15) is 0 Å². The first-order valence-corrected chi connectivity index (χ1v) is 7.02. The SMILES string of the molecule is CC(C)c1cc(O)c(C(CC(=O)O)C2CC2)cc1Cl. The summed E-state index contributed by atoms with van der Waals surface area (Å²) in [6, 6.07) is 3.43. The molecule has 0 amide bonds. The molecule has 0 aromatic heterocycles. The van der Waals surface area contributed by atoms with Crippen LogP contribution in [-0.2, 0) is 4.79 Å². The molecule has 1 aliphatic rings.